The second kappa shape index (κ2) is 28.4. The maximum atomic E-state index is 11.8. The molecule has 5 heteroatoms. The fourth-order valence-electron chi connectivity index (χ4n) is 4.93. The van der Waals surface area contributed by atoms with Gasteiger partial charge in [0, 0.05) is 13.0 Å². The van der Waals surface area contributed by atoms with Crippen LogP contribution in [0.5, 0.6) is 0 Å². The lowest BCUT2D eigenvalue weighted by atomic mass is 10.0. The van der Waals surface area contributed by atoms with Crippen LogP contribution in [0.25, 0.3) is 0 Å². The predicted octanol–water partition coefficient (Wildman–Crippen LogP) is 8.46. The number of nitrogens with zero attached hydrogens (tertiary/aromatic N) is 1. The van der Waals surface area contributed by atoms with Gasteiger partial charge in [0.05, 0.1) is 25.4 Å². The summed E-state index contributed by atoms with van der Waals surface area (Å²) in [7, 11) is 0. The van der Waals surface area contributed by atoms with Gasteiger partial charge < -0.3 is 19.5 Å². The lowest BCUT2D eigenvalue weighted by Crippen LogP contribution is -2.29. The maximum absolute atomic E-state index is 11.8. The molecule has 222 valence electrons. The topological polar surface area (TPSA) is 59.0 Å². The van der Waals surface area contributed by atoms with Crippen molar-refractivity contribution in [1.82, 2.24) is 4.90 Å². The molecule has 0 saturated heterocycles. The molecule has 0 aromatic carbocycles. The van der Waals surface area contributed by atoms with Crippen LogP contribution in [0.2, 0.25) is 0 Å². The average molecular weight is 528 g/mol. The predicted molar refractivity (Wildman–Crippen MR) is 158 cm³/mol. The van der Waals surface area contributed by atoms with Gasteiger partial charge in [0.15, 0.2) is 0 Å². The Kier molecular flexibility index (Phi) is 27.9. The molecule has 0 aromatic heterocycles. The molecule has 0 saturated carbocycles. The van der Waals surface area contributed by atoms with Gasteiger partial charge >= 0.3 is 5.97 Å². The number of hydrogen-bond donors (Lipinski definition) is 1. The fourth-order valence-corrected chi connectivity index (χ4v) is 4.93. The van der Waals surface area contributed by atoms with Crippen LogP contribution in [0.3, 0.4) is 0 Å². The van der Waals surface area contributed by atoms with Crippen molar-refractivity contribution in [3.05, 3.63) is 0 Å². The first-order chi connectivity index (χ1) is 18.1. The summed E-state index contributed by atoms with van der Waals surface area (Å²) in [6, 6.07) is 0. The van der Waals surface area contributed by atoms with Gasteiger partial charge in [0.2, 0.25) is 0 Å². The van der Waals surface area contributed by atoms with E-state index in [1.54, 1.807) is 0 Å². The SMILES string of the molecule is CCCCCCC(CCCCC)OC(C)CCCCCCCN(CCO)CCCC(=O)OCCCCC. The normalized spacial score (nSPS) is 13.2. The zero-order chi connectivity index (χ0) is 27.4. The third kappa shape index (κ3) is 25.4. The third-order valence-electron chi connectivity index (χ3n) is 7.30. The highest BCUT2D eigenvalue weighted by molar-refractivity contribution is 5.69. The van der Waals surface area contributed by atoms with Gasteiger partial charge in [-0.2, -0.15) is 0 Å². The van der Waals surface area contributed by atoms with E-state index in [9.17, 15) is 9.90 Å². The van der Waals surface area contributed by atoms with Crippen LogP contribution >= 0.6 is 0 Å². The van der Waals surface area contributed by atoms with Crippen molar-refractivity contribution >= 4 is 5.97 Å². The highest BCUT2D eigenvalue weighted by Gasteiger charge is 2.13. The Morgan fingerprint density at radius 2 is 1.22 bits per heavy atom. The number of carbonyl (C=O) groups excluding carboxylic acids is 1. The monoisotopic (exact) mass is 527 g/mol. The molecule has 1 N–H and O–H groups in total. The van der Waals surface area contributed by atoms with E-state index in [4.69, 9.17) is 9.47 Å². The molecule has 0 aliphatic rings. The summed E-state index contributed by atoms with van der Waals surface area (Å²) in [5, 5.41) is 9.39. The molecule has 0 amide bonds. The molecule has 0 aromatic rings. The number of ether oxygens (including phenoxy) is 2. The largest absolute Gasteiger partial charge is 0.466 e. The molecule has 0 spiro atoms. The lowest BCUT2D eigenvalue weighted by molar-refractivity contribution is -0.143. The minimum atomic E-state index is -0.0815. The minimum absolute atomic E-state index is 0.0815. The van der Waals surface area contributed by atoms with Crippen LogP contribution in [-0.4, -0.2) is 61.0 Å². The van der Waals surface area contributed by atoms with E-state index in [1.807, 2.05) is 0 Å². The Bertz CT molecular complexity index is 474. The second-order valence-electron chi connectivity index (χ2n) is 11.1. The van der Waals surface area contributed by atoms with Crippen LogP contribution in [0.4, 0.5) is 0 Å². The molecule has 5 nitrogen and oxygen atoms in total. The van der Waals surface area contributed by atoms with Crippen LogP contribution < -0.4 is 0 Å². The van der Waals surface area contributed by atoms with Crippen molar-refractivity contribution in [3.8, 4) is 0 Å². The molecule has 0 rings (SSSR count). The van der Waals surface area contributed by atoms with Crippen LogP contribution in [-0.2, 0) is 14.3 Å². The highest BCUT2D eigenvalue weighted by atomic mass is 16.5. The van der Waals surface area contributed by atoms with Gasteiger partial charge in [0.1, 0.15) is 0 Å². The summed E-state index contributed by atoms with van der Waals surface area (Å²) in [5.41, 5.74) is 0. The quantitative estimate of drug-likeness (QED) is 0.0781. The van der Waals surface area contributed by atoms with Crippen LogP contribution in [0.1, 0.15) is 156 Å². The number of aliphatic hydroxyl groups is 1. The first kappa shape index (κ1) is 36.4. The molecular formula is C32H65NO4. The van der Waals surface area contributed by atoms with Gasteiger partial charge in [-0.1, -0.05) is 104 Å². The molecular weight excluding hydrogens is 462 g/mol. The summed E-state index contributed by atoms with van der Waals surface area (Å²) in [5.74, 6) is -0.0815. The van der Waals surface area contributed by atoms with E-state index in [1.165, 1.54) is 89.9 Å². The van der Waals surface area contributed by atoms with E-state index in [0.29, 0.717) is 31.8 Å². The molecule has 0 aliphatic heterocycles. The zero-order valence-electron chi connectivity index (χ0n) is 25.5. The van der Waals surface area contributed by atoms with Crippen LogP contribution in [0.15, 0.2) is 0 Å². The third-order valence-corrected chi connectivity index (χ3v) is 7.30. The van der Waals surface area contributed by atoms with Crippen molar-refractivity contribution in [3.63, 3.8) is 0 Å². The van der Waals surface area contributed by atoms with E-state index in [0.717, 1.165) is 45.2 Å². The van der Waals surface area contributed by atoms with E-state index in [2.05, 4.69) is 32.6 Å². The maximum Gasteiger partial charge on any atom is 0.305 e. The van der Waals surface area contributed by atoms with Gasteiger partial charge in [-0.3, -0.25) is 4.79 Å². The second-order valence-corrected chi connectivity index (χ2v) is 11.1. The number of esters is 1. The molecule has 0 radical (unpaired) electrons. The number of carbonyl (C=O) groups is 1. The number of unbranched alkanes of at least 4 members (excludes halogenated alkanes) is 11. The smallest absolute Gasteiger partial charge is 0.305 e. The molecule has 0 heterocycles. The zero-order valence-corrected chi connectivity index (χ0v) is 25.5. The first-order valence-corrected chi connectivity index (χ1v) is 16.2. The Morgan fingerprint density at radius 1 is 0.676 bits per heavy atom. The Labute approximate surface area is 231 Å². The van der Waals surface area contributed by atoms with Gasteiger partial charge in [-0.05, 0) is 58.5 Å². The minimum Gasteiger partial charge on any atom is -0.466 e. The summed E-state index contributed by atoms with van der Waals surface area (Å²) in [6.07, 6.45) is 24.4. The van der Waals surface area contributed by atoms with Crippen molar-refractivity contribution in [2.75, 3.05) is 32.8 Å². The molecule has 0 bridgehead atoms. The standard InChI is InChI=1S/C32H65NO4/c1-5-8-11-17-23-31(22-15-9-6-2)37-30(4)21-16-13-12-14-18-25-33(27-28-34)26-20-24-32(35)36-29-19-10-7-3/h30-31,34H,5-29H2,1-4H3. The van der Waals surface area contributed by atoms with E-state index >= 15 is 0 Å². The summed E-state index contributed by atoms with van der Waals surface area (Å²) >= 11 is 0. The van der Waals surface area contributed by atoms with Crippen molar-refractivity contribution < 1.29 is 19.4 Å². The van der Waals surface area contributed by atoms with Crippen molar-refractivity contribution in [2.24, 2.45) is 0 Å². The number of hydrogen-bond acceptors (Lipinski definition) is 5. The molecule has 2 atom stereocenters. The Hall–Kier alpha value is -0.650. The molecule has 0 fully saturated rings. The highest BCUT2D eigenvalue weighted by Crippen LogP contribution is 2.19. The first-order valence-electron chi connectivity index (χ1n) is 16.2. The lowest BCUT2D eigenvalue weighted by Gasteiger charge is -2.23. The Morgan fingerprint density at radius 3 is 1.92 bits per heavy atom. The van der Waals surface area contributed by atoms with Gasteiger partial charge in [-0.25, -0.2) is 0 Å². The summed E-state index contributed by atoms with van der Waals surface area (Å²) < 4.78 is 11.8. The average Bonchev–Trinajstić information content (AvgIpc) is 2.88. The molecule has 0 aliphatic carbocycles. The number of rotatable bonds is 29. The fraction of sp³-hybridized carbons (Fsp3) is 0.969. The van der Waals surface area contributed by atoms with Crippen molar-refractivity contribution in [2.45, 2.75) is 168 Å². The Balaban J connectivity index is 3.94. The van der Waals surface area contributed by atoms with Crippen molar-refractivity contribution in [1.29, 1.82) is 0 Å². The summed E-state index contributed by atoms with van der Waals surface area (Å²) in [6.45, 7) is 12.3. The molecule has 37 heavy (non-hydrogen) atoms. The van der Waals surface area contributed by atoms with Crippen LogP contribution in [0, 0.1) is 0 Å². The molecule has 2 unspecified atom stereocenters. The van der Waals surface area contributed by atoms with E-state index in [-0.39, 0.29) is 12.6 Å². The van der Waals surface area contributed by atoms with E-state index < -0.39 is 0 Å². The van der Waals surface area contributed by atoms with Gasteiger partial charge in [-0.15, -0.1) is 0 Å². The van der Waals surface area contributed by atoms with Gasteiger partial charge in [0.25, 0.3) is 0 Å². The number of aliphatic hydroxyl groups excluding tert-OH is 1. The summed E-state index contributed by atoms with van der Waals surface area (Å²) in [4.78, 5) is 14.1.